The Kier molecular flexibility index (Phi) is 25.1. The number of aliphatic carboxylic acids is 3. The molecule has 0 aliphatic carbocycles. The van der Waals surface area contributed by atoms with Gasteiger partial charge in [0.1, 0.15) is 0 Å². The summed E-state index contributed by atoms with van der Waals surface area (Å²) in [6.07, 6.45) is 28.5. The second kappa shape index (κ2) is 26.3. The molecule has 0 unspecified atom stereocenters. The number of carbonyl (C=O) groups is 3. The highest BCUT2D eigenvalue weighted by Gasteiger charge is 2.29. The average molecular weight is 555 g/mol. The van der Waals surface area contributed by atoms with Crippen LogP contribution in [0, 0.1) is 0 Å². The standard InChI is InChI=1S/C32H59NO6/c1-2-3-4-5-6-7-8-9-10-11-12-13-14-15-16-17-18-19-20-21-22-26-33(27-23-30(34)35,28-24-31(36)37)29-25-32(38)39/h13-14H,2-12,15-29H2,1H3,(H2-,34,35,36,37,38,39)/p+1/b14-13+. The minimum Gasteiger partial charge on any atom is -0.481 e. The first-order valence-corrected chi connectivity index (χ1v) is 16.0. The van der Waals surface area contributed by atoms with Crippen molar-refractivity contribution in [2.24, 2.45) is 0 Å². The van der Waals surface area contributed by atoms with Crippen LogP contribution in [0.3, 0.4) is 0 Å². The maximum absolute atomic E-state index is 11.1. The lowest BCUT2D eigenvalue weighted by molar-refractivity contribution is -0.927. The third-order valence-corrected chi connectivity index (χ3v) is 7.79. The second-order valence-electron chi connectivity index (χ2n) is 11.4. The summed E-state index contributed by atoms with van der Waals surface area (Å²) in [4.78, 5) is 33.4. The van der Waals surface area contributed by atoms with E-state index in [0.717, 1.165) is 25.7 Å². The molecule has 0 spiro atoms. The molecule has 0 saturated carbocycles. The van der Waals surface area contributed by atoms with Crippen LogP contribution >= 0.6 is 0 Å². The van der Waals surface area contributed by atoms with Crippen molar-refractivity contribution in [2.45, 2.75) is 148 Å². The molecular weight excluding hydrogens is 494 g/mol. The van der Waals surface area contributed by atoms with Crippen molar-refractivity contribution < 1.29 is 34.2 Å². The molecule has 0 fully saturated rings. The summed E-state index contributed by atoms with van der Waals surface area (Å²) in [6.45, 7) is 3.75. The first-order valence-electron chi connectivity index (χ1n) is 16.0. The SMILES string of the molecule is CCCCCCCCCCCC/C=C/CCCCCCCCC[N+](CCC(=O)O)(CCC(=O)O)CCC(=O)O. The predicted octanol–water partition coefficient (Wildman–Crippen LogP) is 8.22. The van der Waals surface area contributed by atoms with Gasteiger partial charge in [-0.1, -0.05) is 103 Å². The lowest BCUT2D eigenvalue weighted by Gasteiger charge is -2.38. The van der Waals surface area contributed by atoms with E-state index in [2.05, 4.69) is 19.1 Å². The number of unbranched alkanes of at least 4 members (excludes halogenated alkanes) is 17. The third-order valence-electron chi connectivity index (χ3n) is 7.79. The number of hydrogen-bond donors (Lipinski definition) is 3. The van der Waals surface area contributed by atoms with Crippen LogP contribution in [0.1, 0.15) is 148 Å². The van der Waals surface area contributed by atoms with Crippen molar-refractivity contribution in [3.8, 4) is 0 Å². The molecule has 0 radical (unpaired) electrons. The Morgan fingerprint density at radius 3 is 1.10 bits per heavy atom. The number of carboxylic acids is 3. The minimum atomic E-state index is -0.934. The summed E-state index contributed by atoms with van der Waals surface area (Å²) in [5.41, 5.74) is 0. The number of rotatable bonds is 30. The molecule has 0 heterocycles. The molecule has 0 atom stereocenters. The van der Waals surface area contributed by atoms with Gasteiger partial charge in [-0.3, -0.25) is 14.4 Å². The molecule has 3 N–H and O–H groups in total. The fraction of sp³-hybridized carbons (Fsp3) is 0.844. The van der Waals surface area contributed by atoms with Crippen LogP contribution in [0.2, 0.25) is 0 Å². The number of allylic oxidation sites excluding steroid dienone is 2. The summed E-state index contributed by atoms with van der Waals surface area (Å²) in [5.74, 6) is -2.80. The Hall–Kier alpha value is -1.89. The molecule has 228 valence electrons. The Morgan fingerprint density at radius 1 is 0.462 bits per heavy atom. The zero-order chi connectivity index (χ0) is 29.0. The van der Waals surface area contributed by atoms with Gasteiger partial charge in [-0.25, -0.2) is 0 Å². The summed E-state index contributed by atoms with van der Waals surface area (Å²) >= 11 is 0. The second-order valence-corrected chi connectivity index (χ2v) is 11.4. The zero-order valence-electron chi connectivity index (χ0n) is 25.1. The van der Waals surface area contributed by atoms with Gasteiger partial charge in [-0.15, -0.1) is 0 Å². The molecule has 0 aliphatic heterocycles. The van der Waals surface area contributed by atoms with E-state index in [9.17, 15) is 14.4 Å². The maximum atomic E-state index is 11.1. The van der Waals surface area contributed by atoms with Crippen LogP contribution in [0.25, 0.3) is 0 Å². The quantitative estimate of drug-likeness (QED) is 0.0468. The monoisotopic (exact) mass is 554 g/mol. The lowest BCUT2D eigenvalue weighted by Crippen LogP contribution is -2.52. The Balaban J connectivity index is 3.89. The Bertz CT molecular complexity index is 603. The highest BCUT2D eigenvalue weighted by molar-refractivity contribution is 5.67. The Labute approximate surface area is 238 Å². The van der Waals surface area contributed by atoms with Gasteiger partial charge >= 0.3 is 17.9 Å². The van der Waals surface area contributed by atoms with E-state index in [1.165, 1.54) is 96.3 Å². The zero-order valence-corrected chi connectivity index (χ0v) is 25.1. The van der Waals surface area contributed by atoms with Gasteiger partial charge in [0.05, 0.1) is 45.4 Å². The van der Waals surface area contributed by atoms with Crippen molar-refractivity contribution in [3.05, 3.63) is 12.2 Å². The van der Waals surface area contributed by atoms with Gasteiger partial charge in [-0.2, -0.15) is 0 Å². The molecule has 0 aromatic rings. The van der Waals surface area contributed by atoms with E-state index < -0.39 is 17.9 Å². The molecule has 0 aromatic carbocycles. The number of nitrogens with zero attached hydrogens (tertiary/aromatic N) is 1. The highest BCUT2D eigenvalue weighted by Crippen LogP contribution is 2.17. The van der Waals surface area contributed by atoms with Gasteiger partial charge in [-0.05, 0) is 38.5 Å². The smallest absolute Gasteiger partial charge is 0.309 e. The molecule has 0 amide bonds. The first-order chi connectivity index (χ1) is 18.8. The largest absolute Gasteiger partial charge is 0.481 e. The number of hydrogen-bond acceptors (Lipinski definition) is 3. The number of carboxylic acid groups (broad SMARTS) is 3. The lowest BCUT2D eigenvalue weighted by atomic mass is 10.1. The minimum absolute atomic E-state index is 0.0764. The van der Waals surface area contributed by atoms with Gasteiger partial charge in [0.15, 0.2) is 0 Å². The molecular formula is C32H60NO6+. The van der Waals surface area contributed by atoms with E-state index in [1.807, 2.05) is 0 Å². The van der Waals surface area contributed by atoms with Crippen LogP contribution in [-0.2, 0) is 14.4 Å². The fourth-order valence-electron chi connectivity index (χ4n) is 5.25. The summed E-state index contributed by atoms with van der Waals surface area (Å²) < 4.78 is 0.260. The maximum Gasteiger partial charge on any atom is 0.309 e. The van der Waals surface area contributed by atoms with E-state index in [1.54, 1.807) is 0 Å². The molecule has 7 heteroatoms. The molecule has 0 rings (SSSR count). The van der Waals surface area contributed by atoms with Crippen molar-refractivity contribution in [3.63, 3.8) is 0 Å². The van der Waals surface area contributed by atoms with Crippen LogP contribution in [-0.4, -0.2) is 63.9 Å². The highest BCUT2D eigenvalue weighted by atomic mass is 16.4. The predicted molar refractivity (Wildman–Crippen MR) is 159 cm³/mol. The van der Waals surface area contributed by atoms with E-state index in [-0.39, 0.29) is 43.4 Å². The average Bonchev–Trinajstić information content (AvgIpc) is 2.90. The molecule has 7 nitrogen and oxygen atoms in total. The van der Waals surface area contributed by atoms with Crippen LogP contribution < -0.4 is 0 Å². The topological polar surface area (TPSA) is 112 Å². The fourth-order valence-corrected chi connectivity index (χ4v) is 5.25. The Morgan fingerprint density at radius 2 is 0.769 bits per heavy atom. The third kappa shape index (κ3) is 26.1. The molecule has 0 saturated heterocycles. The molecule has 0 aliphatic rings. The van der Waals surface area contributed by atoms with Crippen molar-refractivity contribution in [1.29, 1.82) is 0 Å². The molecule has 0 aromatic heterocycles. The summed E-state index contributed by atoms with van der Waals surface area (Å²) in [7, 11) is 0. The van der Waals surface area contributed by atoms with Gasteiger partial charge < -0.3 is 19.8 Å². The molecule has 39 heavy (non-hydrogen) atoms. The summed E-state index contributed by atoms with van der Waals surface area (Å²) in [5, 5.41) is 27.4. The number of quaternary nitrogens is 1. The van der Waals surface area contributed by atoms with Crippen LogP contribution in [0.5, 0.6) is 0 Å². The van der Waals surface area contributed by atoms with E-state index >= 15 is 0 Å². The normalized spacial score (nSPS) is 11.8. The summed E-state index contributed by atoms with van der Waals surface area (Å²) in [6, 6.07) is 0. The molecule has 0 bridgehead atoms. The van der Waals surface area contributed by atoms with E-state index in [4.69, 9.17) is 15.3 Å². The van der Waals surface area contributed by atoms with Gasteiger partial charge in [0.2, 0.25) is 0 Å². The van der Waals surface area contributed by atoms with E-state index in [0.29, 0.717) is 6.54 Å². The van der Waals surface area contributed by atoms with Gasteiger partial charge in [0, 0.05) is 0 Å². The van der Waals surface area contributed by atoms with Crippen molar-refractivity contribution in [1.82, 2.24) is 0 Å². The van der Waals surface area contributed by atoms with Gasteiger partial charge in [0.25, 0.3) is 0 Å². The van der Waals surface area contributed by atoms with Crippen molar-refractivity contribution >= 4 is 17.9 Å². The van der Waals surface area contributed by atoms with Crippen LogP contribution in [0.4, 0.5) is 0 Å². The first kappa shape index (κ1) is 37.1. The van der Waals surface area contributed by atoms with Crippen molar-refractivity contribution in [2.75, 3.05) is 26.2 Å². The van der Waals surface area contributed by atoms with Crippen LogP contribution in [0.15, 0.2) is 12.2 Å².